The Balaban J connectivity index is 1.76. The summed E-state index contributed by atoms with van der Waals surface area (Å²) in [7, 11) is 0. The zero-order valence-corrected chi connectivity index (χ0v) is 18.9. The highest BCUT2D eigenvalue weighted by molar-refractivity contribution is 9.10. The first-order valence-corrected chi connectivity index (χ1v) is 11.9. The van der Waals surface area contributed by atoms with E-state index < -0.39 is 0 Å². The van der Waals surface area contributed by atoms with E-state index in [9.17, 15) is 0 Å². The summed E-state index contributed by atoms with van der Waals surface area (Å²) in [6, 6.07) is 35.1. The van der Waals surface area contributed by atoms with Gasteiger partial charge in [0, 0.05) is 36.4 Å². The van der Waals surface area contributed by atoms with Crippen molar-refractivity contribution in [2.75, 3.05) is 0 Å². The summed E-state index contributed by atoms with van der Waals surface area (Å²) in [6.45, 7) is 0. The first-order chi connectivity index (χ1) is 15.3. The maximum absolute atomic E-state index is 3.88. The van der Waals surface area contributed by atoms with E-state index in [1.807, 2.05) is 11.3 Å². The van der Waals surface area contributed by atoms with E-state index in [2.05, 4.69) is 118 Å². The molecule has 0 unspecified atom stereocenters. The monoisotopic (exact) mass is 477 g/mol. The Morgan fingerprint density at radius 1 is 0.645 bits per heavy atom. The zero-order chi connectivity index (χ0) is 20.5. The fraction of sp³-hybridized carbons (Fsp3) is 0. The van der Waals surface area contributed by atoms with Crippen LogP contribution >= 0.6 is 27.3 Å². The second kappa shape index (κ2) is 6.43. The van der Waals surface area contributed by atoms with E-state index in [1.54, 1.807) is 0 Å². The van der Waals surface area contributed by atoms with Crippen molar-refractivity contribution in [2.24, 2.45) is 0 Å². The molecular formula is C28H16BrNS. The number of aromatic nitrogens is 1. The molecule has 0 bridgehead atoms. The molecule has 0 aliphatic carbocycles. The van der Waals surface area contributed by atoms with Crippen molar-refractivity contribution in [1.82, 2.24) is 4.57 Å². The van der Waals surface area contributed by atoms with Gasteiger partial charge in [0.2, 0.25) is 0 Å². The van der Waals surface area contributed by atoms with Gasteiger partial charge in [0.15, 0.2) is 0 Å². The maximum atomic E-state index is 3.88. The Morgan fingerprint density at radius 3 is 2.29 bits per heavy atom. The van der Waals surface area contributed by atoms with Gasteiger partial charge in [0.1, 0.15) is 0 Å². The summed E-state index contributed by atoms with van der Waals surface area (Å²) in [5, 5.41) is 7.73. The van der Waals surface area contributed by atoms with Crippen LogP contribution < -0.4 is 0 Å². The lowest BCUT2D eigenvalue weighted by atomic mass is 10.1. The lowest BCUT2D eigenvalue weighted by Crippen LogP contribution is -1.94. The number of thiophene rings is 1. The number of hydrogen-bond donors (Lipinski definition) is 0. The first kappa shape index (κ1) is 17.5. The maximum Gasteiger partial charge on any atom is 0.0635 e. The molecule has 0 fully saturated rings. The summed E-state index contributed by atoms with van der Waals surface area (Å²) in [5.41, 5.74) is 3.72. The predicted molar refractivity (Wildman–Crippen MR) is 139 cm³/mol. The number of rotatable bonds is 1. The molecule has 5 aromatic carbocycles. The molecule has 0 aliphatic heterocycles. The molecular weight excluding hydrogens is 462 g/mol. The van der Waals surface area contributed by atoms with Crippen LogP contribution in [0.1, 0.15) is 0 Å². The topological polar surface area (TPSA) is 4.93 Å². The molecule has 0 saturated carbocycles. The van der Waals surface area contributed by atoms with Crippen molar-refractivity contribution >= 4 is 80.0 Å². The molecule has 1 nitrogen and oxygen atoms in total. The minimum atomic E-state index is 1.16. The highest BCUT2D eigenvalue weighted by Gasteiger charge is 2.19. The van der Waals surface area contributed by atoms with Crippen molar-refractivity contribution < 1.29 is 0 Å². The van der Waals surface area contributed by atoms with Crippen LogP contribution in [0.4, 0.5) is 0 Å². The van der Waals surface area contributed by atoms with Gasteiger partial charge in [0.25, 0.3) is 0 Å². The largest absolute Gasteiger partial charge is 0.309 e. The number of benzene rings is 5. The van der Waals surface area contributed by atoms with Gasteiger partial charge in [0.05, 0.1) is 15.7 Å². The van der Waals surface area contributed by atoms with Crippen LogP contribution in [-0.4, -0.2) is 4.57 Å². The van der Waals surface area contributed by atoms with Crippen molar-refractivity contribution in [3.05, 3.63) is 102 Å². The van der Waals surface area contributed by atoms with Gasteiger partial charge in [-0.25, -0.2) is 0 Å². The summed E-state index contributed by atoms with van der Waals surface area (Å²) < 4.78 is 6.24. The van der Waals surface area contributed by atoms with Crippen LogP contribution in [0.3, 0.4) is 0 Å². The molecule has 2 aromatic heterocycles. The molecule has 7 rings (SSSR count). The van der Waals surface area contributed by atoms with Gasteiger partial charge in [-0.05, 0) is 57.0 Å². The average molecular weight is 478 g/mol. The Morgan fingerprint density at radius 2 is 1.39 bits per heavy atom. The van der Waals surface area contributed by atoms with Crippen LogP contribution in [0, 0.1) is 0 Å². The predicted octanol–water partition coefficient (Wildman–Crippen LogP) is 9.07. The third-order valence-corrected chi connectivity index (χ3v) is 8.32. The third kappa shape index (κ3) is 2.42. The normalized spacial score (nSPS) is 12.0. The van der Waals surface area contributed by atoms with Crippen molar-refractivity contribution in [3.8, 4) is 5.69 Å². The third-order valence-electron chi connectivity index (χ3n) is 6.23. The SMILES string of the molecule is Brc1cc2c3ccccc3n(-c3ccc4ccccc4c3)c2c2c1sc1ccccc12. The van der Waals surface area contributed by atoms with Crippen LogP contribution in [0.15, 0.2) is 102 Å². The highest BCUT2D eigenvalue weighted by Crippen LogP contribution is 2.46. The minimum Gasteiger partial charge on any atom is -0.309 e. The number of fused-ring (bicyclic) bond motifs is 8. The fourth-order valence-corrected chi connectivity index (χ4v) is 6.66. The van der Waals surface area contributed by atoms with Gasteiger partial charge in [-0.3, -0.25) is 0 Å². The summed E-state index contributed by atoms with van der Waals surface area (Å²) in [5.74, 6) is 0. The molecule has 0 radical (unpaired) electrons. The van der Waals surface area contributed by atoms with Gasteiger partial charge >= 0.3 is 0 Å². The molecule has 0 atom stereocenters. The number of halogens is 1. The Kier molecular flexibility index (Phi) is 3.64. The quantitative estimate of drug-likeness (QED) is 0.222. The fourth-order valence-electron chi connectivity index (χ4n) is 4.88. The van der Waals surface area contributed by atoms with Crippen LogP contribution in [-0.2, 0) is 0 Å². The van der Waals surface area contributed by atoms with Gasteiger partial charge in [-0.15, -0.1) is 11.3 Å². The molecule has 31 heavy (non-hydrogen) atoms. The Bertz CT molecular complexity index is 1810. The molecule has 3 heteroatoms. The molecule has 0 saturated heterocycles. The zero-order valence-electron chi connectivity index (χ0n) is 16.5. The van der Waals surface area contributed by atoms with E-state index in [0.29, 0.717) is 0 Å². The minimum absolute atomic E-state index is 1.16. The van der Waals surface area contributed by atoms with Gasteiger partial charge < -0.3 is 4.57 Å². The van der Waals surface area contributed by atoms with Crippen molar-refractivity contribution in [3.63, 3.8) is 0 Å². The molecule has 0 N–H and O–H groups in total. The molecule has 146 valence electrons. The highest BCUT2D eigenvalue weighted by atomic mass is 79.9. The molecule has 2 heterocycles. The van der Waals surface area contributed by atoms with E-state index in [4.69, 9.17) is 0 Å². The number of hydrogen-bond acceptors (Lipinski definition) is 1. The van der Waals surface area contributed by atoms with Crippen LogP contribution in [0.2, 0.25) is 0 Å². The van der Waals surface area contributed by atoms with Crippen molar-refractivity contribution in [2.45, 2.75) is 0 Å². The number of para-hydroxylation sites is 1. The smallest absolute Gasteiger partial charge is 0.0635 e. The van der Waals surface area contributed by atoms with E-state index in [0.717, 1.165) is 4.47 Å². The van der Waals surface area contributed by atoms with E-state index >= 15 is 0 Å². The lowest BCUT2D eigenvalue weighted by Gasteiger charge is -2.11. The Labute approximate surface area is 191 Å². The van der Waals surface area contributed by atoms with Gasteiger partial charge in [-0.2, -0.15) is 0 Å². The summed E-state index contributed by atoms with van der Waals surface area (Å²) in [6.07, 6.45) is 0. The average Bonchev–Trinajstić information content (AvgIpc) is 3.35. The first-order valence-electron chi connectivity index (χ1n) is 10.3. The second-order valence-electron chi connectivity index (χ2n) is 7.94. The van der Waals surface area contributed by atoms with Crippen molar-refractivity contribution in [1.29, 1.82) is 0 Å². The van der Waals surface area contributed by atoms with Crippen LogP contribution in [0.25, 0.3) is 58.4 Å². The number of nitrogens with zero attached hydrogens (tertiary/aromatic N) is 1. The lowest BCUT2D eigenvalue weighted by molar-refractivity contribution is 1.19. The summed E-state index contributed by atoms with van der Waals surface area (Å²) in [4.78, 5) is 0. The molecule has 7 aromatic rings. The van der Waals surface area contributed by atoms with Gasteiger partial charge in [-0.1, -0.05) is 66.7 Å². The molecule has 0 amide bonds. The standard InChI is InChI=1S/C28H16BrNS/c29-23-16-22-20-9-3-5-11-24(20)30(19-14-13-17-7-1-2-8-18(17)15-19)27(22)26-21-10-4-6-12-25(21)31-28(23)26/h1-16H. The van der Waals surface area contributed by atoms with Crippen LogP contribution in [0.5, 0.6) is 0 Å². The van der Waals surface area contributed by atoms with E-state index in [1.165, 1.54) is 58.4 Å². The Hall–Kier alpha value is -3.14. The molecule has 0 aliphatic rings. The van der Waals surface area contributed by atoms with E-state index in [-0.39, 0.29) is 0 Å². The summed E-state index contributed by atoms with van der Waals surface area (Å²) >= 11 is 5.74. The second-order valence-corrected chi connectivity index (χ2v) is 9.85. The molecule has 0 spiro atoms.